The zero-order chi connectivity index (χ0) is 13.3. The number of aliphatic carboxylic acids is 1. The van der Waals surface area contributed by atoms with E-state index < -0.39 is 5.97 Å². The zero-order valence-electron chi connectivity index (χ0n) is 10.4. The van der Waals surface area contributed by atoms with Crippen molar-refractivity contribution in [3.63, 3.8) is 0 Å². The topological polar surface area (TPSA) is 58.6 Å². The summed E-state index contributed by atoms with van der Waals surface area (Å²) in [7, 11) is 1.63. The van der Waals surface area contributed by atoms with E-state index in [1.165, 1.54) is 0 Å². The highest BCUT2D eigenvalue weighted by molar-refractivity contribution is 9.10. The van der Waals surface area contributed by atoms with Crippen LogP contribution in [0.5, 0.6) is 5.75 Å². The molecule has 4 nitrogen and oxygen atoms in total. The number of benzene rings is 1. The van der Waals surface area contributed by atoms with E-state index in [4.69, 9.17) is 9.84 Å². The van der Waals surface area contributed by atoms with Crippen LogP contribution in [0.2, 0.25) is 0 Å². The lowest BCUT2D eigenvalue weighted by Gasteiger charge is -2.19. The van der Waals surface area contributed by atoms with E-state index in [1.54, 1.807) is 7.11 Å². The van der Waals surface area contributed by atoms with Crippen LogP contribution in [0.1, 0.15) is 23.6 Å². The third-order valence-electron chi connectivity index (χ3n) is 3.40. The third-order valence-corrected chi connectivity index (χ3v) is 4.02. The zero-order valence-corrected chi connectivity index (χ0v) is 12.0. The summed E-state index contributed by atoms with van der Waals surface area (Å²) >= 11 is 3.46. The van der Waals surface area contributed by atoms with Gasteiger partial charge < -0.3 is 15.2 Å². The van der Waals surface area contributed by atoms with Gasteiger partial charge in [0.25, 0.3) is 0 Å². The predicted octanol–water partition coefficient (Wildman–Crippen LogP) is 2.50. The maximum Gasteiger partial charge on any atom is 0.307 e. The van der Waals surface area contributed by atoms with Crippen molar-refractivity contribution in [1.29, 1.82) is 0 Å². The van der Waals surface area contributed by atoms with E-state index in [0.29, 0.717) is 13.0 Å². The largest absolute Gasteiger partial charge is 0.495 e. The number of carbonyl (C=O) groups is 1. The number of hydrogen-bond donors (Lipinski definition) is 2. The lowest BCUT2D eigenvalue weighted by atomic mass is 9.96. The van der Waals surface area contributed by atoms with Gasteiger partial charge in [0.05, 0.1) is 17.5 Å². The SMILES string of the molecule is COc1c(Br)ccc(C)c1C1CC(C(=O)O)CN1. The molecule has 0 amide bonds. The Balaban J connectivity index is 2.34. The second kappa shape index (κ2) is 5.28. The van der Waals surface area contributed by atoms with Crippen molar-refractivity contribution in [2.45, 2.75) is 19.4 Å². The number of rotatable bonds is 3. The molecule has 1 aromatic rings. The molecule has 0 bridgehead atoms. The monoisotopic (exact) mass is 313 g/mol. The minimum atomic E-state index is -0.739. The molecule has 2 rings (SSSR count). The number of aryl methyl sites for hydroxylation is 1. The molecule has 1 saturated heterocycles. The highest BCUT2D eigenvalue weighted by atomic mass is 79.9. The van der Waals surface area contributed by atoms with Gasteiger partial charge in [-0.05, 0) is 40.9 Å². The lowest BCUT2D eigenvalue weighted by molar-refractivity contribution is -0.141. The second-order valence-electron chi connectivity index (χ2n) is 4.54. The van der Waals surface area contributed by atoms with Gasteiger partial charge >= 0.3 is 5.97 Å². The molecule has 0 aliphatic carbocycles. The Kier molecular flexibility index (Phi) is 3.92. The highest BCUT2D eigenvalue weighted by Gasteiger charge is 2.32. The molecule has 0 aromatic heterocycles. The van der Waals surface area contributed by atoms with Gasteiger partial charge in [0.15, 0.2) is 0 Å². The third kappa shape index (κ3) is 2.37. The molecule has 2 N–H and O–H groups in total. The maximum absolute atomic E-state index is 11.0. The van der Waals surface area contributed by atoms with Gasteiger partial charge in [0.1, 0.15) is 5.75 Å². The van der Waals surface area contributed by atoms with E-state index in [2.05, 4.69) is 21.2 Å². The van der Waals surface area contributed by atoms with Gasteiger partial charge in [-0.25, -0.2) is 0 Å². The van der Waals surface area contributed by atoms with Crippen LogP contribution < -0.4 is 10.1 Å². The standard InChI is InChI=1S/C13H16BrNO3/c1-7-3-4-9(14)12(18-2)11(7)10-5-8(6-15-10)13(16)17/h3-4,8,10,15H,5-6H2,1-2H3,(H,16,17). The maximum atomic E-state index is 11.0. The summed E-state index contributed by atoms with van der Waals surface area (Å²) in [5, 5.41) is 12.3. The molecule has 0 spiro atoms. The van der Waals surface area contributed by atoms with Crippen LogP contribution >= 0.6 is 15.9 Å². The molecule has 2 unspecified atom stereocenters. The van der Waals surface area contributed by atoms with Crippen molar-refractivity contribution in [2.24, 2.45) is 5.92 Å². The first-order valence-electron chi connectivity index (χ1n) is 5.83. The molecule has 5 heteroatoms. The average Bonchev–Trinajstić information content (AvgIpc) is 2.81. The molecular weight excluding hydrogens is 298 g/mol. The first kappa shape index (κ1) is 13.4. The summed E-state index contributed by atoms with van der Waals surface area (Å²) in [6.45, 7) is 2.52. The molecule has 1 fully saturated rings. The van der Waals surface area contributed by atoms with Crippen LogP contribution in [-0.4, -0.2) is 24.7 Å². The van der Waals surface area contributed by atoms with E-state index in [-0.39, 0.29) is 12.0 Å². The summed E-state index contributed by atoms with van der Waals surface area (Å²) < 4.78 is 6.33. The molecule has 0 saturated carbocycles. The minimum absolute atomic E-state index is 0.0403. The van der Waals surface area contributed by atoms with Crippen molar-refractivity contribution in [1.82, 2.24) is 5.32 Å². The quantitative estimate of drug-likeness (QED) is 0.900. The highest BCUT2D eigenvalue weighted by Crippen LogP contribution is 2.39. The van der Waals surface area contributed by atoms with Crippen LogP contribution in [0, 0.1) is 12.8 Å². The summed E-state index contributed by atoms with van der Waals surface area (Å²) in [6, 6.07) is 4.00. The molecular formula is C13H16BrNO3. The van der Waals surface area contributed by atoms with Crippen LogP contribution in [0.25, 0.3) is 0 Å². The second-order valence-corrected chi connectivity index (χ2v) is 5.40. The molecule has 1 heterocycles. The number of halogens is 1. The lowest BCUT2D eigenvalue weighted by Crippen LogP contribution is -2.18. The molecule has 1 aromatic carbocycles. The fourth-order valence-electron chi connectivity index (χ4n) is 2.46. The Labute approximate surface area is 114 Å². The van der Waals surface area contributed by atoms with Crippen molar-refractivity contribution < 1.29 is 14.6 Å². The number of nitrogens with one attached hydrogen (secondary N) is 1. The molecule has 1 aliphatic rings. The molecule has 0 radical (unpaired) electrons. The number of hydrogen-bond acceptors (Lipinski definition) is 3. The Morgan fingerprint density at radius 3 is 2.83 bits per heavy atom. The van der Waals surface area contributed by atoms with E-state index in [9.17, 15) is 4.79 Å². The van der Waals surface area contributed by atoms with Crippen molar-refractivity contribution in [3.05, 3.63) is 27.7 Å². The summed E-state index contributed by atoms with van der Waals surface area (Å²) in [4.78, 5) is 11.0. The van der Waals surface area contributed by atoms with Crippen molar-refractivity contribution in [2.75, 3.05) is 13.7 Å². The molecule has 1 aliphatic heterocycles. The van der Waals surface area contributed by atoms with E-state index >= 15 is 0 Å². The average molecular weight is 314 g/mol. The first-order chi connectivity index (χ1) is 8.54. The van der Waals surface area contributed by atoms with Gasteiger partial charge in [0.2, 0.25) is 0 Å². The van der Waals surface area contributed by atoms with E-state index in [0.717, 1.165) is 21.3 Å². The fourth-order valence-corrected chi connectivity index (χ4v) is 2.96. The number of methoxy groups -OCH3 is 1. The minimum Gasteiger partial charge on any atom is -0.495 e. The van der Waals surface area contributed by atoms with Gasteiger partial charge in [0, 0.05) is 18.2 Å². The van der Waals surface area contributed by atoms with Gasteiger partial charge in [-0.2, -0.15) is 0 Å². The van der Waals surface area contributed by atoms with Crippen LogP contribution in [0.3, 0.4) is 0 Å². The Morgan fingerprint density at radius 2 is 2.28 bits per heavy atom. The Bertz CT molecular complexity index is 476. The Hall–Kier alpha value is -1.07. The number of ether oxygens (including phenoxy) is 1. The van der Waals surface area contributed by atoms with Gasteiger partial charge in [-0.15, -0.1) is 0 Å². The first-order valence-corrected chi connectivity index (χ1v) is 6.63. The summed E-state index contributed by atoms with van der Waals surface area (Å²) in [5.74, 6) is -0.270. The van der Waals surface area contributed by atoms with Gasteiger partial charge in [-0.3, -0.25) is 4.79 Å². The van der Waals surface area contributed by atoms with Crippen molar-refractivity contribution >= 4 is 21.9 Å². The van der Waals surface area contributed by atoms with E-state index in [1.807, 2.05) is 19.1 Å². The molecule has 2 atom stereocenters. The summed E-state index contributed by atoms with van der Waals surface area (Å²) in [6.07, 6.45) is 0.600. The number of carboxylic acid groups (broad SMARTS) is 1. The van der Waals surface area contributed by atoms with Crippen LogP contribution in [-0.2, 0) is 4.79 Å². The fraction of sp³-hybridized carbons (Fsp3) is 0.462. The molecule has 98 valence electrons. The van der Waals surface area contributed by atoms with Crippen LogP contribution in [0.15, 0.2) is 16.6 Å². The predicted molar refractivity (Wildman–Crippen MR) is 71.9 cm³/mol. The van der Waals surface area contributed by atoms with Crippen molar-refractivity contribution in [3.8, 4) is 5.75 Å². The number of carboxylic acids is 1. The Morgan fingerprint density at radius 1 is 1.56 bits per heavy atom. The van der Waals surface area contributed by atoms with Gasteiger partial charge in [-0.1, -0.05) is 6.07 Å². The molecule has 18 heavy (non-hydrogen) atoms. The van der Waals surface area contributed by atoms with Crippen LogP contribution in [0.4, 0.5) is 0 Å². The normalized spacial score (nSPS) is 23.1. The summed E-state index contributed by atoms with van der Waals surface area (Å²) in [5.41, 5.74) is 2.16. The smallest absolute Gasteiger partial charge is 0.307 e.